The van der Waals surface area contributed by atoms with E-state index in [2.05, 4.69) is 10.6 Å². The first-order chi connectivity index (χ1) is 13.9. The maximum atomic E-state index is 12.9. The van der Waals surface area contributed by atoms with Crippen molar-refractivity contribution in [2.24, 2.45) is 0 Å². The first kappa shape index (κ1) is 21.0. The average Bonchev–Trinajstić information content (AvgIpc) is 2.71. The van der Waals surface area contributed by atoms with Crippen LogP contribution in [0.5, 0.6) is 0 Å². The van der Waals surface area contributed by atoms with Crippen LogP contribution in [-0.2, 0) is 0 Å². The number of para-hydroxylation sites is 1. The number of aryl methyl sites for hydroxylation is 1. The highest BCUT2D eigenvalue weighted by molar-refractivity contribution is 7.99. The summed E-state index contributed by atoms with van der Waals surface area (Å²) in [5, 5.41) is 7.33. The van der Waals surface area contributed by atoms with Gasteiger partial charge in [0.15, 0.2) is 10.5 Å². The molecule has 1 atom stereocenters. The first-order valence-electron chi connectivity index (χ1n) is 9.65. The minimum atomic E-state index is -0.173. The van der Waals surface area contributed by atoms with E-state index in [1.54, 1.807) is 13.1 Å². The molecule has 0 aliphatic heterocycles. The zero-order chi connectivity index (χ0) is 21.1. The van der Waals surface area contributed by atoms with Gasteiger partial charge in [-0.1, -0.05) is 36.9 Å². The molecule has 1 unspecified atom stereocenters. The van der Waals surface area contributed by atoms with E-state index in [4.69, 9.17) is 4.42 Å². The molecule has 152 valence electrons. The lowest BCUT2D eigenvalue weighted by atomic mass is 10.00. The second kappa shape index (κ2) is 8.74. The van der Waals surface area contributed by atoms with Crippen molar-refractivity contribution < 1.29 is 9.21 Å². The second-order valence-electron chi connectivity index (χ2n) is 7.00. The second-order valence-corrected chi connectivity index (χ2v) is 8.24. The van der Waals surface area contributed by atoms with Gasteiger partial charge in [-0.25, -0.2) is 0 Å². The van der Waals surface area contributed by atoms with Gasteiger partial charge in [0, 0.05) is 23.9 Å². The Morgan fingerprint density at radius 2 is 1.93 bits per heavy atom. The van der Waals surface area contributed by atoms with Crippen molar-refractivity contribution in [3.63, 3.8) is 0 Å². The van der Waals surface area contributed by atoms with Gasteiger partial charge in [-0.3, -0.25) is 9.59 Å². The number of anilines is 1. The van der Waals surface area contributed by atoms with Gasteiger partial charge in [0.1, 0.15) is 5.58 Å². The molecule has 5 nitrogen and oxygen atoms in total. The molecule has 0 saturated carbocycles. The number of benzene rings is 2. The molecular formula is C23H26N2O3S. The van der Waals surface area contributed by atoms with Crippen LogP contribution >= 0.6 is 11.8 Å². The lowest BCUT2D eigenvalue weighted by molar-refractivity contribution is 0.0964. The van der Waals surface area contributed by atoms with Crippen LogP contribution in [0.2, 0.25) is 0 Å². The van der Waals surface area contributed by atoms with Gasteiger partial charge in [-0.05, 0) is 50.3 Å². The number of hydrogen-bond acceptors (Lipinski definition) is 5. The molecule has 0 bridgehead atoms. The number of fused-ring (bicyclic) bond motifs is 1. The lowest BCUT2D eigenvalue weighted by Crippen LogP contribution is -2.20. The zero-order valence-corrected chi connectivity index (χ0v) is 18.2. The molecule has 0 fully saturated rings. The van der Waals surface area contributed by atoms with E-state index in [0.717, 1.165) is 22.6 Å². The van der Waals surface area contributed by atoms with E-state index in [9.17, 15) is 9.59 Å². The summed E-state index contributed by atoms with van der Waals surface area (Å²) in [4.78, 5) is 25.1. The molecule has 0 radical (unpaired) electrons. The molecule has 1 heterocycles. The number of rotatable bonds is 6. The molecule has 1 aromatic heterocycles. The van der Waals surface area contributed by atoms with Crippen molar-refractivity contribution >= 4 is 34.3 Å². The van der Waals surface area contributed by atoms with Crippen LogP contribution in [-0.4, -0.2) is 18.7 Å². The number of thioether (sulfide) groups is 1. The fraction of sp³-hybridized carbons (Fsp3) is 0.304. The Morgan fingerprint density at radius 1 is 1.21 bits per heavy atom. The van der Waals surface area contributed by atoms with Crippen LogP contribution in [0.4, 0.5) is 5.69 Å². The predicted octanol–water partition coefficient (Wildman–Crippen LogP) is 5.05. The van der Waals surface area contributed by atoms with Crippen molar-refractivity contribution in [3.8, 4) is 0 Å². The van der Waals surface area contributed by atoms with Crippen LogP contribution in [0, 0.1) is 13.8 Å². The van der Waals surface area contributed by atoms with E-state index in [0.29, 0.717) is 27.2 Å². The molecule has 1 amide bonds. The highest BCUT2D eigenvalue weighted by Gasteiger charge is 2.19. The number of carbonyl (C=O) groups is 1. The monoisotopic (exact) mass is 410 g/mol. The van der Waals surface area contributed by atoms with Crippen molar-refractivity contribution in [1.82, 2.24) is 5.32 Å². The van der Waals surface area contributed by atoms with Crippen LogP contribution in [0.15, 0.2) is 50.7 Å². The number of nitrogens with one attached hydrogen (secondary N) is 2. The molecule has 0 aliphatic rings. The fourth-order valence-electron chi connectivity index (χ4n) is 3.39. The van der Waals surface area contributed by atoms with Crippen molar-refractivity contribution in [3.05, 3.63) is 68.9 Å². The summed E-state index contributed by atoms with van der Waals surface area (Å²) < 4.78 is 6.20. The van der Waals surface area contributed by atoms with Crippen LogP contribution in [0.1, 0.15) is 46.9 Å². The Hall–Kier alpha value is -2.73. The van der Waals surface area contributed by atoms with Gasteiger partial charge in [0.05, 0.1) is 17.0 Å². The van der Waals surface area contributed by atoms with Gasteiger partial charge in [0.2, 0.25) is 0 Å². The molecule has 3 aromatic rings. The molecule has 0 spiro atoms. The molecule has 2 aromatic carbocycles. The summed E-state index contributed by atoms with van der Waals surface area (Å²) >= 11 is 1.53. The van der Waals surface area contributed by atoms with Crippen LogP contribution in [0.3, 0.4) is 0 Å². The normalized spacial score (nSPS) is 12.0. The maximum Gasteiger partial charge on any atom is 0.253 e. The van der Waals surface area contributed by atoms with Gasteiger partial charge < -0.3 is 15.1 Å². The number of hydrogen-bond donors (Lipinski definition) is 2. The average molecular weight is 411 g/mol. The standard InChI is InChI=1S/C23H26N2O3S/c1-6-29-23-14(3)20(26)18-12-13(2)11-17(21(18)28-23)15(4)25-19-10-8-7-9-16(19)22(27)24-5/h7-12,15,25H,6H2,1-5H3,(H,24,27). The molecule has 0 aliphatic carbocycles. The highest BCUT2D eigenvalue weighted by Crippen LogP contribution is 2.32. The van der Waals surface area contributed by atoms with Crippen LogP contribution in [0.25, 0.3) is 11.0 Å². The molecule has 2 N–H and O–H groups in total. The van der Waals surface area contributed by atoms with E-state index >= 15 is 0 Å². The van der Waals surface area contributed by atoms with Crippen molar-refractivity contribution in [2.75, 3.05) is 18.1 Å². The zero-order valence-electron chi connectivity index (χ0n) is 17.4. The highest BCUT2D eigenvalue weighted by atomic mass is 32.2. The van der Waals surface area contributed by atoms with Crippen molar-refractivity contribution in [1.29, 1.82) is 0 Å². The third-order valence-corrected chi connectivity index (χ3v) is 5.80. The number of amides is 1. The van der Waals surface area contributed by atoms with E-state index < -0.39 is 0 Å². The smallest absolute Gasteiger partial charge is 0.253 e. The summed E-state index contributed by atoms with van der Waals surface area (Å²) in [5.41, 5.74) is 4.42. The molecular weight excluding hydrogens is 384 g/mol. The Kier molecular flexibility index (Phi) is 6.33. The predicted molar refractivity (Wildman–Crippen MR) is 120 cm³/mol. The third-order valence-electron chi connectivity index (χ3n) is 4.86. The Labute approximate surface area is 174 Å². The van der Waals surface area contributed by atoms with Gasteiger partial charge in [-0.15, -0.1) is 0 Å². The van der Waals surface area contributed by atoms with Gasteiger partial charge in [0.25, 0.3) is 5.91 Å². The van der Waals surface area contributed by atoms with Gasteiger partial charge >= 0.3 is 0 Å². The van der Waals surface area contributed by atoms with E-state index in [1.165, 1.54) is 11.8 Å². The summed E-state index contributed by atoms with van der Waals surface area (Å²) in [6, 6.07) is 11.1. The molecule has 3 rings (SSSR count). The fourth-order valence-corrected chi connectivity index (χ4v) is 4.10. The quantitative estimate of drug-likeness (QED) is 0.556. The first-order valence-corrected chi connectivity index (χ1v) is 10.6. The topological polar surface area (TPSA) is 71.3 Å². The SMILES string of the molecule is CCSc1oc2c(C(C)Nc3ccccc3C(=O)NC)cc(C)cc2c(=O)c1C. The van der Waals surface area contributed by atoms with Crippen molar-refractivity contribution in [2.45, 2.75) is 38.8 Å². The minimum Gasteiger partial charge on any atom is -0.449 e. The van der Waals surface area contributed by atoms with Gasteiger partial charge in [-0.2, -0.15) is 0 Å². The van der Waals surface area contributed by atoms with E-state index in [-0.39, 0.29) is 17.4 Å². The molecule has 29 heavy (non-hydrogen) atoms. The Balaban J connectivity index is 2.12. The largest absolute Gasteiger partial charge is 0.449 e. The molecule has 0 saturated heterocycles. The summed E-state index contributed by atoms with van der Waals surface area (Å²) in [5.74, 6) is 0.669. The maximum absolute atomic E-state index is 12.9. The summed E-state index contributed by atoms with van der Waals surface area (Å²) in [7, 11) is 1.61. The summed E-state index contributed by atoms with van der Waals surface area (Å²) in [6.07, 6.45) is 0. The Bertz CT molecular complexity index is 1120. The Morgan fingerprint density at radius 3 is 2.62 bits per heavy atom. The van der Waals surface area contributed by atoms with E-state index in [1.807, 2.05) is 58.0 Å². The third kappa shape index (κ3) is 4.17. The van der Waals surface area contributed by atoms with Crippen LogP contribution < -0.4 is 16.1 Å². The summed E-state index contributed by atoms with van der Waals surface area (Å²) in [6.45, 7) is 7.82. The molecule has 6 heteroatoms. The number of carbonyl (C=O) groups excluding carboxylic acids is 1. The lowest BCUT2D eigenvalue weighted by Gasteiger charge is -2.20. The minimum absolute atomic E-state index is 0.00473.